The number of hydrogen-bond acceptors (Lipinski definition) is 2. The predicted octanol–water partition coefficient (Wildman–Crippen LogP) is 2.42. The van der Waals surface area contributed by atoms with Gasteiger partial charge in [0.25, 0.3) is 5.91 Å². The van der Waals surface area contributed by atoms with Crippen molar-refractivity contribution in [3.63, 3.8) is 0 Å². The van der Waals surface area contributed by atoms with Crippen molar-refractivity contribution in [1.29, 1.82) is 0 Å². The van der Waals surface area contributed by atoms with Crippen molar-refractivity contribution in [1.82, 2.24) is 9.88 Å². The summed E-state index contributed by atoms with van der Waals surface area (Å²) >= 11 is 0. The summed E-state index contributed by atoms with van der Waals surface area (Å²) in [7, 11) is 1.89. The molecule has 100 valence electrons. The Kier molecular flexibility index (Phi) is 3.25. The third-order valence-electron chi connectivity index (χ3n) is 3.88. The van der Waals surface area contributed by atoms with Gasteiger partial charge in [0.15, 0.2) is 0 Å². The van der Waals surface area contributed by atoms with Crippen molar-refractivity contribution in [2.45, 2.75) is 18.9 Å². The third kappa shape index (κ3) is 2.24. The zero-order chi connectivity index (χ0) is 13.2. The van der Waals surface area contributed by atoms with Gasteiger partial charge in [0.1, 0.15) is 0 Å². The minimum atomic E-state index is 0.0874. The van der Waals surface area contributed by atoms with Gasteiger partial charge in [-0.2, -0.15) is 0 Å². The molecule has 1 aromatic heterocycles. The van der Waals surface area contributed by atoms with Crippen LogP contribution in [0.5, 0.6) is 0 Å². The number of benzene rings is 1. The molecule has 1 aliphatic heterocycles. The molecular formula is C15H18N2O2. The molecule has 2 aromatic rings. The second-order valence-electron chi connectivity index (χ2n) is 5.01. The average molecular weight is 258 g/mol. The monoisotopic (exact) mass is 258 g/mol. The lowest BCUT2D eigenvalue weighted by Crippen LogP contribution is -2.40. The SMILES string of the molecule is CN(C(=O)c1c[nH]c2ccccc12)C1CCOCC1. The van der Waals surface area contributed by atoms with Crippen molar-refractivity contribution in [3.8, 4) is 0 Å². The second-order valence-corrected chi connectivity index (χ2v) is 5.01. The van der Waals surface area contributed by atoms with Gasteiger partial charge in [0.2, 0.25) is 0 Å². The summed E-state index contributed by atoms with van der Waals surface area (Å²) in [6, 6.07) is 8.18. The van der Waals surface area contributed by atoms with Gasteiger partial charge in [-0.1, -0.05) is 18.2 Å². The number of ether oxygens (including phenoxy) is 1. The van der Waals surface area contributed by atoms with Gasteiger partial charge in [0, 0.05) is 43.4 Å². The zero-order valence-electron chi connectivity index (χ0n) is 11.1. The van der Waals surface area contributed by atoms with E-state index in [1.807, 2.05) is 42.4 Å². The first-order valence-electron chi connectivity index (χ1n) is 6.68. The van der Waals surface area contributed by atoms with Gasteiger partial charge in [-0.25, -0.2) is 0 Å². The second kappa shape index (κ2) is 5.05. The van der Waals surface area contributed by atoms with Crippen LogP contribution in [0.1, 0.15) is 23.2 Å². The van der Waals surface area contributed by atoms with Gasteiger partial charge in [-0.05, 0) is 18.9 Å². The molecule has 3 rings (SSSR count). The van der Waals surface area contributed by atoms with Gasteiger partial charge in [0.05, 0.1) is 5.56 Å². The first-order chi connectivity index (χ1) is 9.27. The van der Waals surface area contributed by atoms with Crippen LogP contribution in [0.4, 0.5) is 0 Å². The number of H-pyrrole nitrogens is 1. The molecular weight excluding hydrogens is 240 g/mol. The van der Waals surface area contributed by atoms with Crippen molar-refractivity contribution < 1.29 is 9.53 Å². The molecule has 4 heteroatoms. The Morgan fingerprint density at radius 3 is 2.84 bits per heavy atom. The number of carbonyl (C=O) groups is 1. The zero-order valence-corrected chi connectivity index (χ0v) is 11.1. The highest BCUT2D eigenvalue weighted by Gasteiger charge is 2.24. The van der Waals surface area contributed by atoms with Gasteiger partial charge < -0.3 is 14.6 Å². The number of fused-ring (bicyclic) bond motifs is 1. The molecule has 4 nitrogen and oxygen atoms in total. The highest BCUT2D eigenvalue weighted by molar-refractivity contribution is 6.06. The molecule has 1 aliphatic rings. The first-order valence-corrected chi connectivity index (χ1v) is 6.68. The van der Waals surface area contributed by atoms with Gasteiger partial charge >= 0.3 is 0 Å². The van der Waals surface area contributed by atoms with Gasteiger partial charge in [-0.15, -0.1) is 0 Å². The average Bonchev–Trinajstić information content (AvgIpc) is 2.90. The lowest BCUT2D eigenvalue weighted by Gasteiger charge is -2.31. The summed E-state index contributed by atoms with van der Waals surface area (Å²) in [6.07, 6.45) is 3.65. The maximum atomic E-state index is 12.6. The minimum absolute atomic E-state index is 0.0874. The number of para-hydroxylation sites is 1. The molecule has 1 N–H and O–H groups in total. The number of carbonyl (C=O) groups excluding carboxylic acids is 1. The quantitative estimate of drug-likeness (QED) is 0.899. The molecule has 0 aliphatic carbocycles. The Bertz CT molecular complexity index is 585. The van der Waals surface area contributed by atoms with E-state index in [1.165, 1.54) is 0 Å². The maximum absolute atomic E-state index is 12.6. The molecule has 1 amide bonds. The summed E-state index contributed by atoms with van der Waals surface area (Å²) in [6.45, 7) is 1.49. The molecule has 2 heterocycles. The Labute approximate surface area is 112 Å². The highest BCUT2D eigenvalue weighted by atomic mass is 16.5. The van der Waals surface area contributed by atoms with Crippen molar-refractivity contribution in [3.05, 3.63) is 36.0 Å². The Balaban J connectivity index is 1.86. The third-order valence-corrected chi connectivity index (χ3v) is 3.88. The molecule has 0 atom stereocenters. The number of nitrogens with zero attached hydrogens (tertiary/aromatic N) is 1. The minimum Gasteiger partial charge on any atom is -0.381 e. The summed E-state index contributed by atoms with van der Waals surface area (Å²) < 4.78 is 5.35. The molecule has 1 fully saturated rings. The van der Waals surface area contributed by atoms with Crippen LogP contribution in [0.3, 0.4) is 0 Å². The number of aromatic amines is 1. The summed E-state index contributed by atoms with van der Waals surface area (Å²) in [4.78, 5) is 17.6. The van der Waals surface area contributed by atoms with E-state index >= 15 is 0 Å². The van der Waals surface area contributed by atoms with E-state index in [0.717, 1.165) is 42.5 Å². The van der Waals surface area contributed by atoms with Crippen LogP contribution in [-0.4, -0.2) is 42.1 Å². The normalized spacial score (nSPS) is 16.7. The van der Waals surface area contributed by atoms with Gasteiger partial charge in [-0.3, -0.25) is 4.79 Å². The van der Waals surface area contributed by atoms with Crippen molar-refractivity contribution in [2.24, 2.45) is 0 Å². The topological polar surface area (TPSA) is 45.3 Å². The fourth-order valence-corrected chi connectivity index (χ4v) is 2.68. The molecule has 19 heavy (non-hydrogen) atoms. The Hall–Kier alpha value is -1.81. The maximum Gasteiger partial charge on any atom is 0.256 e. The van der Waals surface area contributed by atoms with E-state index in [9.17, 15) is 4.79 Å². The number of nitrogens with one attached hydrogen (secondary N) is 1. The van der Waals surface area contributed by atoms with E-state index in [0.29, 0.717) is 0 Å². The fourth-order valence-electron chi connectivity index (χ4n) is 2.68. The summed E-state index contributed by atoms with van der Waals surface area (Å²) in [5.74, 6) is 0.0874. The smallest absolute Gasteiger partial charge is 0.256 e. The summed E-state index contributed by atoms with van der Waals surface area (Å²) in [5.41, 5.74) is 1.76. The molecule has 0 saturated carbocycles. The van der Waals surface area contributed by atoms with Crippen LogP contribution in [-0.2, 0) is 4.74 Å². The lowest BCUT2D eigenvalue weighted by molar-refractivity contribution is 0.0363. The first kappa shape index (κ1) is 12.2. The van der Waals surface area contributed by atoms with E-state index in [2.05, 4.69) is 4.98 Å². The highest BCUT2D eigenvalue weighted by Crippen LogP contribution is 2.21. The molecule has 0 bridgehead atoms. The Morgan fingerprint density at radius 1 is 1.32 bits per heavy atom. The Morgan fingerprint density at radius 2 is 2.05 bits per heavy atom. The molecule has 1 saturated heterocycles. The van der Waals surface area contributed by atoms with Crippen LogP contribution in [0.2, 0.25) is 0 Å². The van der Waals surface area contributed by atoms with Crippen LogP contribution in [0.15, 0.2) is 30.5 Å². The van der Waals surface area contributed by atoms with E-state index in [4.69, 9.17) is 4.74 Å². The van der Waals surface area contributed by atoms with Crippen LogP contribution in [0.25, 0.3) is 10.9 Å². The fraction of sp³-hybridized carbons (Fsp3) is 0.400. The van der Waals surface area contributed by atoms with E-state index in [-0.39, 0.29) is 11.9 Å². The molecule has 0 radical (unpaired) electrons. The summed E-state index contributed by atoms with van der Waals surface area (Å²) in [5, 5.41) is 0.992. The number of hydrogen-bond donors (Lipinski definition) is 1. The number of amides is 1. The largest absolute Gasteiger partial charge is 0.381 e. The van der Waals surface area contributed by atoms with Crippen molar-refractivity contribution >= 4 is 16.8 Å². The van der Waals surface area contributed by atoms with Crippen molar-refractivity contribution in [2.75, 3.05) is 20.3 Å². The van der Waals surface area contributed by atoms with Crippen LogP contribution >= 0.6 is 0 Å². The molecule has 0 unspecified atom stereocenters. The van der Waals surface area contributed by atoms with E-state index in [1.54, 1.807) is 0 Å². The van der Waals surface area contributed by atoms with Crippen LogP contribution < -0.4 is 0 Å². The standard InChI is InChI=1S/C15H18N2O2/c1-17(11-6-8-19-9-7-11)15(18)13-10-16-14-5-3-2-4-12(13)14/h2-5,10-11,16H,6-9H2,1H3. The number of rotatable bonds is 2. The van der Waals surface area contributed by atoms with E-state index < -0.39 is 0 Å². The molecule has 1 aromatic carbocycles. The lowest BCUT2D eigenvalue weighted by atomic mass is 10.1. The van der Waals surface area contributed by atoms with Crippen LogP contribution in [0, 0.1) is 0 Å². The molecule has 0 spiro atoms. The number of aromatic nitrogens is 1. The predicted molar refractivity (Wildman–Crippen MR) is 74.2 cm³/mol.